The molecule has 0 aliphatic carbocycles. The van der Waals surface area contributed by atoms with Crippen molar-refractivity contribution in [1.29, 1.82) is 0 Å². The fraction of sp³-hybridized carbons (Fsp3) is 0.455. The van der Waals surface area contributed by atoms with Gasteiger partial charge in [-0.3, -0.25) is 10.1 Å². The van der Waals surface area contributed by atoms with Crippen LogP contribution in [0.1, 0.15) is 30.3 Å². The number of aromatic carboxylic acids is 1. The molecule has 104 valence electrons. The summed E-state index contributed by atoms with van der Waals surface area (Å²) in [6.07, 6.45) is 1.13. The Morgan fingerprint density at radius 3 is 2.79 bits per heavy atom. The first-order chi connectivity index (χ1) is 8.95. The zero-order valence-electron chi connectivity index (χ0n) is 10.4. The Kier molecular flexibility index (Phi) is 5.19. The molecule has 0 aliphatic rings. The molecule has 0 aromatic carbocycles. The maximum absolute atomic E-state index is 10.8. The van der Waals surface area contributed by atoms with E-state index in [1.165, 1.54) is 0 Å². The third-order valence-corrected chi connectivity index (χ3v) is 2.47. The first-order valence-electron chi connectivity index (χ1n) is 5.71. The van der Waals surface area contributed by atoms with E-state index in [1.807, 2.05) is 0 Å². The van der Waals surface area contributed by atoms with Gasteiger partial charge in [0.25, 0.3) is 0 Å². The van der Waals surface area contributed by atoms with Crippen LogP contribution in [0.2, 0.25) is 0 Å². The number of aliphatic hydroxyl groups excluding tert-OH is 1. The molecule has 1 atom stereocenters. The average Bonchev–Trinajstić information content (AvgIpc) is 2.35. The molecule has 1 aromatic heterocycles. The molecule has 1 aromatic rings. The van der Waals surface area contributed by atoms with Crippen molar-refractivity contribution in [3.8, 4) is 0 Å². The number of nitrogens with one attached hydrogen (secondary N) is 1. The highest BCUT2D eigenvalue weighted by Gasteiger charge is 2.19. The van der Waals surface area contributed by atoms with Crippen molar-refractivity contribution in [3.63, 3.8) is 0 Å². The van der Waals surface area contributed by atoms with Crippen LogP contribution in [-0.2, 0) is 0 Å². The lowest BCUT2D eigenvalue weighted by atomic mass is 10.2. The average molecular weight is 269 g/mol. The molecule has 1 unspecified atom stereocenters. The number of aromatic nitrogens is 1. The lowest BCUT2D eigenvalue weighted by molar-refractivity contribution is -0.384. The van der Waals surface area contributed by atoms with E-state index < -0.39 is 10.9 Å². The van der Waals surface area contributed by atoms with E-state index in [2.05, 4.69) is 10.3 Å². The topological polar surface area (TPSA) is 126 Å². The molecule has 0 saturated carbocycles. The van der Waals surface area contributed by atoms with Crippen molar-refractivity contribution in [3.05, 3.63) is 27.9 Å². The molecule has 0 amide bonds. The summed E-state index contributed by atoms with van der Waals surface area (Å²) < 4.78 is 0. The molecular formula is C11H15N3O5. The van der Waals surface area contributed by atoms with Gasteiger partial charge in [-0.2, -0.15) is 0 Å². The fourth-order valence-electron chi connectivity index (χ4n) is 1.53. The second-order valence-corrected chi connectivity index (χ2v) is 4.04. The number of hydrogen-bond donors (Lipinski definition) is 3. The van der Waals surface area contributed by atoms with Crippen LogP contribution in [0.4, 0.5) is 11.5 Å². The van der Waals surface area contributed by atoms with E-state index in [1.54, 1.807) is 6.92 Å². The van der Waals surface area contributed by atoms with Gasteiger partial charge in [0.05, 0.1) is 4.92 Å². The zero-order chi connectivity index (χ0) is 14.4. The molecule has 0 spiro atoms. The molecule has 0 radical (unpaired) electrons. The molecule has 0 fully saturated rings. The smallest absolute Gasteiger partial charge is 0.354 e. The monoisotopic (exact) mass is 269 g/mol. The van der Waals surface area contributed by atoms with Crippen molar-refractivity contribution in [1.82, 2.24) is 4.98 Å². The van der Waals surface area contributed by atoms with Gasteiger partial charge in [-0.15, -0.1) is 0 Å². The van der Waals surface area contributed by atoms with E-state index in [0.29, 0.717) is 12.8 Å². The summed E-state index contributed by atoms with van der Waals surface area (Å²) in [4.78, 5) is 24.7. The number of carboxylic acids is 1. The maximum atomic E-state index is 10.8. The Morgan fingerprint density at radius 1 is 1.58 bits per heavy atom. The summed E-state index contributed by atoms with van der Waals surface area (Å²) in [5.74, 6) is -1.32. The van der Waals surface area contributed by atoms with Crippen molar-refractivity contribution in [2.24, 2.45) is 0 Å². The fourth-order valence-corrected chi connectivity index (χ4v) is 1.53. The molecule has 0 aliphatic heterocycles. The molecule has 1 heterocycles. The highest BCUT2D eigenvalue weighted by Crippen LogP contribution is 2.23. The molecule has 8 nitrogen and oxygen atoms in total. The summed E-state index contributed by atoms with van der Waals surface area (Å²) >= 11 is 0. The SMILES string of the molecule is CC(CCCO)Nc1nc(C(=O)O)ccc1[N+](=O)[O-]. The van der Waals surface area contributed by atoms with E-state index >= 15 is 0 Å². The summed E-state index contributed by atoms with van der Waals surface area (Å²) in [6, 6.07) is 2.03. The summed E-state index contributed by atoms with van der Waals surface area (Å²) in [5, 5.41) is 31.2. The minimum absolute atomic E-state index is 0.0245. The Balaban J connectivity index is 2.97. The molecule has 3 N–H and O–H groups in total. The molecular weight excluding hydrogens is 254 g/mol. The number of rotatable bonds is 7. The number of carbonyl (C=O) groups is 1. The number of hydrogen-bond acceptors (Lipinski definition) is 6. The van der Waals surface area contributed by atoms with Crippen LogP contribution < -0.4 is 5.32 Å². The van der Waals surface area contributed by atoms with Gasteiger partial charge in [0.1, 0.15) is 0 Å². The molecule has 1 rings (SSSR count). The third kappa shape index (κ3) is 4.18. The van der Waals surface area contributed by atoms with Gasteiger partial charge in [-0.1, -0.05) is 0 Å². The predicted octanol–water partition coefficient (Wildman–Crippen LogP) is 1.26. The number of anilines is 1. The van der Waals surface area contributed by atoms with Crippen molar-refractivity contribution in [2.75, 3.05) is 11.9 Å². The Labute approximate surface area is 109 Å². The van der Waals surface area contributed by atoms with Crippen molar-refractivity contribution >= 4 is 17.5 Å². The quantitative estimate of drug-likeness (QED) is 0.502. The third-order valence-electron chi connectivity index (χ3n) is 2.47. The van der Waals surface area contributed by atoms with Crippen LogP contribution in [-0.4, -0.2) is 38.7 Å². The number of nitro groups is 1. The van der Waals surface area contributed by atoms with Gasteiger partial charge in [0, 0.05) is 18.7 Å². The first-order valence-corrected chi connectivity index (χ1v) is 5.71. The summed E-state index contributed by atoms with van der Waals surface area (Å²) in [6.45, 7) is 1.80. The van der Waals surface area contributed by atoms with E-state index in [-0.39, 0.29) is 29.8 Å². The van der Waals surface area contributed by atoms with E-state index in [4.69, 9.17) is 10.2 Å². The largest absolute Gasteiger partial charge is 0.477 e. The van der Waals surface area contributed by atoms with Crippen LogP contribution in [0.3, 0.4) is 0 Å². The van der Waals surface area contributed by atoms with Crippen LogP contribution in [0.5, 0.6) is 0 Å². The van der Waals surface area contributed by atoms with Crippen molar-refractivity contribution < 1.29 is 19.9 Å². The predicted molar refractivity (Wildman–Crippen MR) is 67.3 cm³/mol. The molecule has 19 heavy (non-hydrogen) atoms. The minimum atomic E-state index is -1.25. The lowest BCUT2D eigenvalue weighted by Crippen LogP contribution is -2.18. The molecule has 0 bridgehead atoms. The highest BCUT2D eigenvalue weighted by atomic mass is 16.6. The van der Waals surface area contributed by atoms with Crippen molar-refractivity contribution in [2.45, 2.75) is 25.8 Å². The Bertz CT molecular complexity index is 477. The molecule has 0 saturated heterocycles. The second-order valence-electron chi connectivity index (χ2n) is 4.04. The number of carboxylic acid groups (broad SMARTS) is 1. The second kappa shape index (κ2) is 6.64. The van der Waals surface area contributed by atoms with Gasteiger partial charge in [0.15, 0.2) is 5.69 Å². The van der Waals surface area contributed by atoms with Gasteiger partial charge in [-0.25, -0.2) is 9.78 Å². The minimum Gasteiger partial charge on any atom is -0.477 e. The van der Waals surface area contributed by atoms with Crippen LogP contribution in [0, 0.1) is 10.1 Å². The van der Waals surface area contributed by atoms with Gasteiger partial charge < -0.3 is 15.5 Å². The maximum Gasteiger partial charge on any atom is 0.354 e. The van der Waals surface area contributed by atoms with Gasteiger partial charge >= 0.3 is 11.7 Å². The Hall–Kier alpha value is -2.22. The van der Waals surface area contributed by atoms with Crippen LogP contribution >= 0.6 is 0 Å². The Morgan fingerprint density at radius 2 is 2.26 bits per heavy atom. The van der Waals surface area contributed by atoms with E-state index in [9.17, 15) is 14.9 Å². The summed E-state index contributed by atoms with van der Waals surface area (Å²) in [7, 11) is 0. The highest BCUT2D eigenvalue weighted by molar-refractivity contribution is 5.86. The zero-order valence-corrected chi connectivity index (χ0v) is 10.4. The lowest BCUT2D eigenvalue weighted by Gasteiger charge is -2.14. The standard InChI is InChI=1S/C11H15N3O5/c1-7(3-2-6-15)12-10-9(14(18)19)5-4-8(13-10)11(16)17/h4-5,7,15H,2-3,6H2,1H3,(H,12,13)(H,16,17). The van der Waals surface area contributed by atoms with Crippen LogP contribution in [0.25, 0.3) is 0 Å². The van der Waals surface area contributed by atoms with Gasteiger partial charge in [0.2, 0.25) is 5.82 Å². The normalized spacial score (nSPS) is 11.9. The van der Waals surface area contributed by atoms with Gasteiger partial charge in [-0.05, 0) is 25.8 Å². The number of aliphatic hydroxyl groups is 1. The summed E-state index contributed by atoms with van der Waals surface area (Å²) in [5.41, 5.74) is -0.539. The number of nitrogens with zero attached hydrogens (tertiary/aromatic N) is 2. The van der Waals surface area contributed by atoms with E-state index in [0.717, 1.165) is 12.1 Å². The number of pyridine rings is 1. The molecule has 8 heteroatoms. The first kappa shape index (κ1) is 14.8. The van der Waals surface area contributed by atoms with Crippen LogP contribution in [0.15, 0.2) is 12.1 Å².